The second kappa shape index (κ2) is 7.71. The van der Waals surface area contributed by atoms with Crippen LogP contribution in [0.2, 0.25) is 0 Å². The van der Waals surface area contributed by atoms with E-state index in [4.69, 9.17) is 0 Å². The fourth-order valence-electron chi connectivity index (χ4n) is 5.05. The third kappa shape index (κ3) is 4.04. The standard InChI is InChI=1S/C26H30/c1-19-3-6-21(7-4-19)8-9-22-10-13-23(14-11-22)25-16-15-24-17-20(2)5-12-26(24)18-25/h3-4,6-7,10-11,13-14,20,24-26H,5,12,15-18H2,1-2H3/t20?,24-,25-,26-/m1/s1. The van der Waals surface area contributed by atoms with Gasteiger partial charge in [0.2, 0.25) is 0 Å². The molecule has 0 N–H and O–H groups in total. The molecule has 0 saturated heterocycles. The molecule has 2 fully saturated rings. The third-order valence-corrected chi connectivity index (χ3v) is 6.66. The number of aryl methyl sites for hydroxylation is 1. The molecule has 2 aliphatic rings. The van der Waals surface area contributed by atoms with Crippen molar-refractivity contribution in [2.75, 3.05) is 0 Å². The summed E-state index contributed by atoms with van der Waals surface area (Å²) in [5.74, 6) is 10.3. The molecule has 0 nitrogen and oxygen atoms in total. The van der Waals surface area contributed by atoms with Gasteiger partial charge in [0.05, 0.1) is 0 Å². The van der Waals surface area contributed by atoms with Crippen LogP contribution in [0.25, 0.3) is 0 Å². The number of hydrogen-bond donors (Lipinski definition) is 0. The quantitative estimate of drug-likeness (QED) is 0.505. The third-order valence-electron chi connectivity index (χ3n) is 6.66. The maximum absolute atomic E-state index is 3.31. The number of hydrogen-bond acceptors (Lipinski definition) is 0. The van der Waals surface area contributed by atoms with Crippen molar-refractivity contribution in [1.29, 1.82) is 0 Å². The zero-order chi connectivity index (χ0) is 17.9. The van der Waals surface area contributed by atoms with E-state index in [9.17, 15) is 0 Å². The van der Waals surface area contributed by atoms with E-state index in [0.717, 1.165) is 34.8 Å². The van der Waals surface area contributed by atoms with E-state index in [1.165, 1.54) is 49.7 Å². The lowest BCUT2D eigenvalue weighted by Crippen LogP contribution is -2.29. The van der Waals surface area contributed by atoms with Crippen LogP contribution in [-0.2, 0) is 0 Å². The maximum atomic E-state index is 3.31. The monoisotopic (exact) mass is 342 g/mol. The lowest BCUT2D eigenvalue weighted by Gasteiger charge is -2.41. The molecule has 0 bridgehead atoms. The fraction of sp³-hybridized carbons (Fsp3) is 0.462. The molecule has 2 aromatic rings. The average molecular weight is 343 g/mol. The van der Waals surface area contributed by atoms with Crippen molar-refractivity contribution < 1.29 is 0 Å². The molecular formula is C26H30. The zero-order valence-electron chi connectivity index (χ0n) is 16.2. The van der Waals surface area contributed by atoms with Gasteiger partial charge in [-0.1, -0.05) is 55.0 Å². The Hall–Kier alpha value is -2.00. The molecule has 0 aliphatic heterocycles. The van der Waals surface area contributed by atoms with E-state index in [1.54, 1.807) is 0 Å². The van der Waals surface area contributed by atoms with Crippen LogP contribution in [-0.4, -0.2) is 0 Å². The van der Waals surface area contributed by atoms with E-state index >= 15 is 0 Å². The number of rotatable bonds is 1. The molecule has 0 aromatic heterocycles. The van der Waals surface area contributed by atoms with Crippen LogP contribution in [0.1, 0.15) is 73.6 Å². The van der Waals surface area contributed by atoms with Crippen molar-refractivity contribution in [3.8, 4) is 11.8 Å². The minimum Gasteiger partial charge on any atom is -0.0625 e. The highest BCUT2D eigenvalue weighted by Crippen LogP contribution is 2.47. The van der Waals surface area contributed by atoms with Crippen molar-refractivity contribution in [2.45, 2.75) is 58.3 Å². The fourth-order valence-corrected chi connectivity index (χ4v) is 5.05. The van der Waals surface area contributed by atoms with Gasteiger partial charge < -0.3 is 0 Å². The van der Waals surface area contributed by atoms with Crippen LogP contribution in [0.4, 0.5) is 0 Å². The molecule has 1 unspecified atom stereocenters. The molecule has 0 heteroatoms. The SMILES string of the molecule is Cc1ccc(C#Cc2ccc([C@@H]3CC[C@@H]4CC(C)CC[C@@H]4C3)cc2)cc1. The van der Waals surface area contributed by atoms with Gasteiger partial charge in [-0.2, -0.15) is 0 Å². The first-order valence-electron chi connectivity index (χ1n) is 10.4. The molecule has 134 valence electrons. The lowest BCUT2D eigenvalue weighted by atomic mass is 9.64. The van der Waals surface area contributed by atoms with Gasteiger partial charge in [-0.05, 0) is 92.5 Å². The molecule has 2 saturated carbocycles. The average Bonchev–Trinajstić information content (AvgIpc) is 2.67. The predicted molar refractivity (Wildman–Crippen MR) is 110 cm³/mol. The Bertz CT molecular complexity index is 785. The summed E-state index contributed by atoms with van der Waals surface area (Å²) in [5.41, 5.74) is 5.02. The Morgan fingerprint density at radius 3 is 1.96 bits per heavy atom. The Labute approximate surface area is 159 Å². The molecule has 26 heavy (non-hydrogen) atoms. The highest BCUT2D eigenvalue weighted by atomic mass is 14.4. The van der Waals surface area contributed by atoms with Crippen molar-refractivity contribution in [3.05, 3.63) is 70.8 Å². The van der Waals surface area contributed by atoms with E-state index in [0.29, 0.717) is 0 Å². The van der Waals surface area contributed by atoms with Gasteiger partial charge >= 0.3 is 0 Å². The molecule has 4 atom stereocenters. The van der Waals surface area contributed by atoms with Gasteiger partial charge in [-0.15, -0.1) is 0 Å². The van der Waals surface area contributed by atoms with Crippen LogP contribution >= 0.6 is 0 Å². The van der Waals surface area contributed by atoms with E-state index in [1.807, 2.05) is 0 Å². The Balaban J connectivity index is 1.41. The van der Waals surface area contributed by atoms with Gasteiger partial charge in [0.1, 0.15) is 0 Å². The van der Waals surface area contributed by atoms with Gasteiger partial charge in [-0.25, -0.2) is 0 Å². The maximum Gasteiger partial charge on any atom is 0.0249 e. The lowest BCUT2D eigenvalue weighted by molar-refractivity contribution is 0.124. The summed E-state index contributed by atoms with van der Waals surface area (Å²) < 4.78 is 0. The molecule has 0 radical (unpaired) electrons. The Morgan fingerprint density at radius 2 is 1.27 bits per heavy atom. The number of fused-ring (bicyclic) bond motifs is 1. The molecule has 2 aliphatic carbocycles. The van der Waals surface area contributed by atoms with Gasteiger partial charge in [-0.3, -0.25) is 0 Å². The van der Waals surface area contributed by atoms with Crippen LogP contribution in [0.15, 0.2) is 48.5 Å². The summed E-state index contributed by atoms with van der Waals surface area (Å²) in [7, 11) is 0. The highest BCUT2D eigenvalue weighted by Gasteiger charge is 2.34. The Kier molecular flexibility index (Phi) is 5.16. The topological polar surface area (TPSA) is 0 Å². The zero-order valence-corrected chi connectivity index (χ0v) is 16.2. The van der Waals surface area contributed by atoms with Crippen LogP contribution in [0, 0.1) is 36.5 Å². The number of benzene rings is 2. The molecule has 4 rings (SSSR count). The highest BCUT2D eigenvalue weighted by molar-refractivity contribution is 5.44. The van der Waals surface area contributed by atoms with Crippen LogP contribution < -0.4 is 0 Å². The van der Waals surface area contributed by atoms with Crippen molar-refractivity contribution in [3.63, 3.8) is 0 Å². The van der Waals surface area contributed by atoms with E-state index in [2.05, 4.69) is 74.2 Å². The predicted octanol–water partition coefficient (Wildman–Crippen LogP) is 6.71. The van der Waals surface area contributed by atoms with Crippen molar-refractivity contribution in [1.82, 2.24) is 0 Å². The first kappa shape index (κ1) is 17.4. The smallest absolute Gasteiger partial charge is 0.0249 e. The van der Waals surface area contributed by atoms with Gasteiger partial charge in [0.15, 0.2) is 0 Å². The minimum absolute atomic E-state index is 0.767. The largest absolute Gasteiger partial charge is 0.0625 e. The van der Waals surface area contributed by atoms with E-state index < -0.39 is 0 Å². The van der Waals surface area contributed by atoms with Crippen molar-refractivity contribution >= 4 is 0 Å². The Morgan fingerprint density at radius 1 is 0.692 bits per heavy atom. The summed E-state index contributed by atoms with van der Waals surface area (Å²) in [6.07, 6.45) is 8.61. The molecule has 0 heterocycles. The second-order valence-electron chi connectivity index (χ2n) is 8.69. The molecule has 2 aromatic carbocycles. The van der Waals surface area contributed by atoms with Crippen LogP contribution in [0.3, 0.4) is 0 Å². The first-order valence-corrected chi connectivity index (χ1v) is 10.4. The molecule has 0 amide bonds. The summed E-state index contributed by atoms with van der Waals surface area (Å²) in [5, 5.41) is 0. The normalized spacial score (nSPS) is 27.9. The summed E-state index contributed by atoms with van der Waals surface area (Å²) in [6.45, 7) is 4.55. The van der Waals surface area contributed by atoms with E-state index in [-0.39, 0.29) is 0 Å². The molecule has 0 spiro atoms. The summed E-state index contributed by atoms with van der Waals surface area (Å²) in [6, 6.07) is 17.5. The van der Waals surface area contributed by atoms with Gasteiger partial charge in [0, 0.05) is 11.1 Å². The minimum atomic E-state index is 0.767. The van der Waals surface area contributed by atoms with Crippen molar-refractivity contribution in [2.24, 2.45) is 17.8 Å². The van der Waals surface area contributed by atoms with Crippen LogP contribution in [0.5, 0.6) is 0 Å². The first-order chi connectivity index (χ1) is 12.7. The summed E-state index contributed by atoms with van der Waals surface area (Å²) in [4.78, 5) is 0. The second-order valence-corrected chi connectivity index (χ2v) is 8.69. The summed E-state index contributed by atoms with van der Waals surface area (Å²) >= 11 is 0. The van der Waals surface area contributed by atoms with Gasteiger partial charge in [0.25, 0.3) is 0 Å². The molecular weight excluding hydrogens is 312 g/mol.